The largest absolute Gasteiger partial charge is 0.427 e. The lowest BCUT2D eigenvalue weighted by atomic mass is 10.1. The van der Waals surface area contributed by atoms with Gasteiger partial charge in [0, 0.05) is 11.6 Å². The maximum absolute atomic E-state index is 12.7. The van der Waals surface area contributed by atoms with E-state index in [-0.39, 0.29) is 5.05 Å². The molecule has 1 aromatic heterocycles. The van der Waals surface area contributed by atoms with Gasteiger partial charge in [-0.25, -0.2) is 5.10 Å². The molecule has 0 radical (unpaired) electrons. The molecule has 1 aliphatic rings. The van der Waals surface area contributed by atoms with Crippen molar-refractivity contribution in [3.05, 3.63) is 46.6 Å². The van der Waals surface area contributed by atoms with E-state index >= 15 is 0 Å². The number of hydrogen-bond donors (Lipinski definition) is 1. The van der Waals surface area contributed by atoms with Gasteiger partial charge in [0.15, 0.2) is 5.05 Å². The molecule has 2 aromatic rings. The Hall–Kier alpha value is -1.89. The van der Waals surface area contributed by atoms with Crippen LogP contribution in [-0.2, 0) is 12.6 Å². The summed E-state index contributed by atoms with van der Waals surface area (Å²) in [5.41, 5.74) is 1.10. The van der Waals surface area contributed by atoms with E-state index in [9.17, 15) is 13.2 Å². The van der Waals surface area contributed by atoms with Gasteiger partial charge in [0.05, 0.1) is 11.3 Å². The average Bonchev–Trinajstić information content (AvgIpc) is 3.16. The Kier molecular flexibility index (Phi) is 4.14. The summed E-state index contributed by atoms with van der Waals surface area (Å²) >= 11 is 5.18. The van der Waals surface area contributed by atoms with E-state index < -0.39 is 11.7 Å². The maximum atomic E-state index is 12.7. The molecule has 1 fully saturated rings. The fourth-order valence-electron chi connectivity index (χ4n) is 2.34. The molecule has 0 unspecified atom stereocenters. The second-order valence-corrected chi connectivity index (χ2v) is 6.16. The normalized spacial score (nSPS) is 14.8. The molecule has 0 aliphatic heterocycles. The van der Waals surface area contributed by atoms with E-state index in [0.29, 0.717) is 22.9 Å². The quantitative estimate of drug-likeness (QED) is 0.836. The molecule has 0 saturated heterocycles. The second kappa shape index (κ2) is 5.96. The highest BCUT2D eigenvalue weighted by Gasteiger charge is 2.31. The van der Waals surface area contributed by atoms with E-state index in [2.05, 4.69) is 10.2 Å². The van der Waals surface area contributed by atoms with Crippen LogP contribution in [0.15, 0.2) is 24.3 Å². The molecular formula is C16H15F3N2OS. The summed E-state index contributed by atoms with van der Waals surface area (Å²) in [6.07, 6.45) is -1.00. The number of halogens is 3. The van der Waals surface area contributed by atoms with Gasteiger partial charge in [-0.3, -0.25) is 0 Å². The number of ether oxygens (including phenoxy) is 1. The van der Waals surface area contributed by atoms with Crippen molar-refractivity contribution in [2.45, 2.75) is 32.4 Å². The number of aromatic nitrogens is 2. The lowest BCUT2D eigenvalue weighted by molar-refractivity contribution is -0.137. The molecule has 1 aliphatic carbocycles. The third kappa shape index (κ3) is 3.90. The molecule has 1 N–H and O–H groups in total. The van der Waals surface area contributed by atoms with Crippen LogP contribution in [0.3, 0.4) is 0 Å². The van der Waals surface area contributed by atoms with Crippen LogP contribution in [0.1, 0.15) is 35.2 Å². The van der Waals surface area contributed by atoms with E-state index in [1.54, 1.807) is 13.0 Å². The highest BCUT2D eigenvalue weighted by molar-refractivity contribution is 7.80. The summed E-state index contributed by atoms with van der Waals surface area (Å²) in [6, 6.07) is 5.19. The van der Waals surface area contributed by atoms with Crippen molar-refractivity contribution in [3.8, 4) is 5.88 Å². The zero-order valence-electron chi connectivity index (χ0n) is 12.4. The van der Waals surface area contributed by atoms with Crippen molar-refractivity contribution in [3.63, 3.8) is 0 Å². The Morgan fingerprint density at radius 1 is 1.35 bits per heavy atom. The fourth-order valence-corrected chi connectivity index (χ4v) is 2.66. The number of H-pyrrole nitrogens is 1. The minimum absolute atomic E-state index is 0.123. The van der Waals surface area contributed by atoms with E-state index in [1.165, 1.54) is 18.9 Å². The number of aromatic amines is 1. The molecule has 7 heteroatoms. The molecule has 1 aromatic carbocycles. The minimum Gasteiger partial charge on any atom is -0.427 e. The first-order valence-electron chi connectivity index (χ1n) is 7.27. The van der Waals surface area contributed by atoms with Crippen molar-refractivity contribution in [1.29, 1.82) is 0 Å². The van der Waals surface area contributed by atoms with Crippen LogP contribution in [0.5, 0.6) is 5.88 Å². The lowest BCUT2D eigenvalue weighted by Gasteiger charge is -2.11. The predicted octanol–water partition coefficient (Wildman–Crippen LogP) is 4.44. The fraction of sp³-hybridized carbons (Fsp3) is 0.375. The van der Waals surface area contributed by atoms with Crippen LogP contribution in [0.25, 0.3) is 0 Å². The van der Waals surface area contributed by atoms with Crippen LogP contribution in [0, 0.1) is 12.8 Å². The first-order valence-corrected chi connectivity index (χ1v) is 7.68. The van der Waals surface area contributed by atoms with Crippen molar-refractivity contribution >= 4 is 17.3 Å². The van der Waals surface area contributed by atoms with Crippen LogP contribution in [0.4, 0.5) is 13.2 Å². The molecule has 1 saturated carbocycles. The Bertz CT molecular complexity index is 735. The number of aryl methyl sites for hydroxylation is 1. The highest BCUT2D eigenvalue weighted by atomic mass is 32.1. The predicted molar refractivity (Wildman–Crippen MR) is 83.5 cm³/mol. The Labute approximate surface area is 136 Å². The van der Waals surface area contributed by atoms with E-state index in [0.717, 1.165) is 24.2 Å². The van der Waals surface area contributed by atoms with Crippen LogP contribution in [0.2, 0.25) is 0 Å². The average molecular weight is 340 g/mol. The molecule has 0 amide bonds. The summed E-state index contributed by atoms with van der Waals surface area (Å²) in [5, 5.41) is 7.03. The van der Waals surface area contributed by atoms with E-state index in [4.69, 9.17) is 17.0 Å². The minimum atomic E-state index is -4.37. The zero-order chi connectivity index (χ0) is 16.6. The van der Waals surface area contributed by atoms with Gasteiger partial charge in [0.2, 0.25) is 5.88 Å². The summed E-state index contributed by atoms with van der Waals surface area (Å²) in [6.45, 7) is 1.58. The van der Waals surface area contributed by atoms with Crippen LogP contribution < -0.4 is 4.74 Å². The van der Waals surface area contributed by atoms with Gasteiger partial charge in [0.25, 0.3) is 0 Å². The third-order valence-electron chi connectivity index (χ3n) is 3.78. The Morgan fingerprint density at radius 3 is 2.70 bits per heavy atom. The molecule has 0 atom stereocenters. The number of rotatable bonds is 4. The molecule has 3 nitrogen and oxygen atoms in total. The zero-order valence-corrected chi connectivity index (χ0v) is 13.2. The first kappa shape index (κ1) is 16.0. The molecule has 3 rings (SSSR count). The van der Waals surface area contributed by atoms with Crippen molar-refractivity contribution in [1.82, 2.24) is 10.2 Å². The third-order valence-corrected chi connectivity index (χ3v) is 4.08. The molecule has 0 bridgehead atoms. The number of nitrogens with zero attached hydrogens (tertiary/aromatic N) is 1. The summed E-state index contributed by atoms with van der Waals surface area (Å²) in [4.78, 5) is 0. The van der Waals surface area contributed by atoms with Gasteiger partial charge in [-0.15, -0.1) is 0 Å². The van der Waals surface area contributed by atoms with Gasteiger partial charge in [-0.1, -0.05) is 0 Å². The van der Waals surface area contributed by atoms with Gasteiger partial charge >= 0.3 is 6.18 Å². The smallest absolute Gasteiger partial charge is 0.416 e. The number of alkyl halides is 3. The second-order valence-electron chi connectivity index (χ2n) is 5.79. The lowest BCUT2D eigenvalue weighted by Crippen LogP contribution is -2.11. The molecule has 0 spiro atoms. The van der Waals surface area contributed by atoms with Crippen molar-refractivity contribution in [2.24, 2.45) is 5.92 Å². The number of thiocarbonyl (C=S) groups is 1. The maximum Gasteiger partial charge on any atom is 0.416 e. The summed E-state index contributed by atoms with van der Waals surface area (Å²) in [7, 11) is 0. The van der Waals surface area contributed by atoms with Gasteiger partial charge < -0.3 is 4.74 Å². The highest BCUT2D eigenvalue weighted by Crippen LogP contribution is 2.33. The topological polar surface area (TPSA) is 37.9 Å². The van der Waals surface area contributed by atoms with Crippen LogP contribution in [-0.4, -0.2) is 15.2 Å². The summed E-state index contributed by atoms with van der Waals surface area (Å²) < 4.78 is 43.6. The SMILES string of the molecule is Cc1cc(C(F)(F)F)ccc1C(=S)Oc1cc(CC2CC2)n[nH]1. The van der Waals surface area contributed by atoms with Gasteiger partial charge in [-0.05, 0) is 68.1 Å². The van der Waals surface area contributed by atoms with Crippen molar-refractivity contribution in [2.75, 3.05) is 0 Å². The van der Waals surface area contributed by atoms with Crippen molar-refractivity contribution < 1.29 is 17.9 Å². The van der Waals surface area contributed by atoms with E-state index in [1.807, 2.05) is 0 Å². The molecule has 1 heterocycles. The van der Waals surface area contributed by atoms with Gasteiger partial charge in [0.1, 0.15) is 0 Å². The number of nitrogens with one attached hydrogen (secondary N) is 1. The molecule has 23 heavy (non-hydrogen) atoms. The Morgan fingerprint density at radius 2 is 2.09 bits per heavy atom. The number of benzene rings is 1. The molecular weight excluding hydrogens is 325 g/mol. The standard InChI is InChI=1S/C16H15F3N2OS/c1-9-6-11(16(17,18)19)4-5-13(9)15(23)22-14-8-12(20-21-14)7-10-2-3-10/h4-6,8,10H,2-3,7H2,1H3,(H,20,21). The van der Waals surface area contributed by atoms with Crippen LogP contribution >= 0.6 is 12.2 Å². The first-order chi connectivity index (χ1) is 10.8. The Balaban J connectivity index is 1.71. The van der Waals surface area contributed by atoms with Gasteiger partial charge in [-0.2, -0.15) is 18.3 Å². The monoisotopic (exact) mass is 340 g/mol. The number of hydrogen-bond acceptors (Lipinski definition) is 3. The summed E-state index contributed by atoms with van der Waals surface area (Å²) in [5.74, 6) is 1.11. The molecule has 122 valence electrons.